The number of nitriles is 1. The van der Waals surface area contributed by atoms with E-state index in [0.29, 0.717) is 17.2 Å². The van der Waals surface area contributed by atoms with Gasteiger partial charge in [0.1, 0.15) is 6.07 Å². The second-order valence-electron chi connectivity index (χ2n) is 4.65. The van der Waals surface area contributed by atoms with Gasteiger partial charge in [-0.1, -0.05) is 19.1 Å². The molecule has 3 heteroatoms. The minimum Gasteiger partial charge on any atom is -0.314 e. The monoisotopic (exact) mass is 228 g/mol. The fourth-order valence-electron chi connectivity index (χ4n) is 2.08. The standard InChI is InChI=1S/C14H16N2O/c1-10(11-7-8-11)14(17)16(2)13-6-4-3-5-12(13)9-15/h3-6,10-11H,7-8H2,1-2H3. The first-order valence-corrected chi connectivity index (χ1v) is 5.92. The number of hydrogen-bond donors (Lipinski definition) is 0. The van der Waals surface area contributed by atoms with Crippen molar-refractivity contribution < 1.29 is 4.79 Å². The highest BCUT2D eigenvalue weighted by atomic mass is 16.2. The molecule has 0 aromatic heterocycles. The Morgan fingerprint density at radius 2 is 2.12 bits per heavy atom. The zero-order valence-electron chi connectivity index (χ0n) is 10.2. The molecule has 1 saturated carbocycles. The van der Waals surface area contributed by atoms with Crippen LogP contribution in [0.25, 0.3) is 0 Å². The van der Waals surface area contributed by atoms with Crippen LogP contribution >= 0.6 is 0 Å². The van der Waals surface area contributed by atoms with E-state index in [4.69, 9.17) is 5.26 Å². The number of carbonyl (C=O) groups is 1. The Morgan fingerprint density at radius 1 is 1.47 bits per heavy atom. The zero-order valence-corrected chi connectivity index (χ0v) is 10.2. The minimum absolute atomic E-state index is 0.0618. The highest BCUT2D eigenvalue weighted by Gasteiger charge is 2.34. The van der Waals surface area contributed by atoms with E-state index in [2.05, 4.69) is 6.07 Å². The van der Waals surface area contributed by atoms with Gasteiger partial charge in [0.2, 0.25) is 5.91 Å². The van der Waals surface area contributed by atoms with E-state index in [1.54, 1.807) is 18.0 Å². The number of anilines is 1. The van der Waals surface area contributed by atoms with Gasteiger partial charge in [0, 0.05) is 13.0 Å². The number of amides is 1. The van der Waals surface area contributed by atoms with Gasteiger partial charge in [-0.3, -0.25) is 4.79 Å². The number of rotatable bonds is 3. The molecule has 1 aromatic rings. The maximum Gasteiger partial charge on any atom is 0.229 e. The molecule has 0 bridgehead atoms. The number of carbonyl (C=O) groups excluding carboxylic acids is 1. The van der Waals surface area contributed by atoms with Crippen molar-refractivity contribution in [2.24, 2.45) is 11.8 Å². The number of hydrogen-bond acceptors (Lipinski definition) is 2. The van der Waals surface area contributed by atoms with Crippen LogP contribution in [0.2, 0.25) is 0 Å². The molecule has 2 rings (SSSR count). The molecule has 0 radical (unpaired) electrons. The van der Waals surface area contributed by atoms with E-state index >= 15 is 0 Å². The predicted molar refractivity (Wildman–Crippen MR) is 66.5 cm³/mol. The van der Waals surface area contributed by atoms with Gasteiger partial charge in [0.15, 0.2) is 0 Å². The van der Waals surface area contributed by atoms with E-state index in [-0.39, 0.29) is 11.8 Å². The molecule has 0 heterocycles. The quantitative estimate of drug-likeness (QED) is 0.798. The maximum absolute atomic E-state index is 12.2. The lowest BCUT2D eigenvalue weighted by molar-refractivity contribution is -0.122. The molecule has 0 aliphatic heterocycles. The molecule has 88 valence electrons. The number of nitrogens with zero attached hydrogens (tertiary/aromatic N) is 2. The topological polar surface area (TPSA) is 44.1 Å². The molecule has 1 aromatic carbocycles. The predicted octanol–water partition coefficient (Wildman–Crippen LogP) is 2.57. The summed E-state index contributed by atoms with van der Waals surface area (Å²) in [4.78, 5) is 13.8. The van der Waals surface area contributed by atoms with Crippen LogP contribution in [-0.4, -0.2) is 13.0 Å². The first-order valence-electron chi connectivity index (χ1n) is 5.92. The van der Waals surface area contributed by atoms with Gasteiger partial charge in [-0.2, -0.15) is 5.26 Å². The molecule has 0 N–H and O–H groups in total. The van der Waals surface area contributed by atoms with Gasteiger partial charge in [-0.25, -0.2) is 0 Å². The van der Waals surface area contributed by atoms with Crippen molar-refractivity contribution in [3.63, 3.8) is 0 Å². The number of benzene rings is 1. The first-order chi connectivity index (χ1) is 8.15. The van der Waals surface area contributed by atoms with Crippen molar-refractivity contribution in [2.45, 2.75) is 19.8 Å². The van der Waals surface area contributed by atoms with Crippen molar-refractivity contribution in [3.8, 4) is 6.07 Å². The summed E-state index contributed by atoms with van der Waals surface area (Å²) in [5.74, 6) is 0.709. The van der Waals surface area contributed by atoms with E-state index in [9.17, 15) is 4.79 Å². The molecule has 1 aliphatic rings. The molecule has 1 aliphatic carbocycles. The fraction of sp³-hybridized carbons (Fsp3) is 0.429. The van der Waals surface area contributed by atoms with Crippen LogP contribution in [0, 0.1) is 23.2 Å². The summed E-state index contributed by atoms with van der Waals surface area (Å²) in [6.45, 7) is 1.98. The van der Waals surface area contributed by atoms with Crippen LogP contribution in [0.15, 0.2) is 24.3 Å². The number of para-hydroxylation sites is 1. The lowest BCUT2D eigenvalue weighted by Gasteiger charge is -2.22. The molecule has 1 unspecified atom stereocenters. The Labute approximate surface area is 102 Å². The third-order valence-electron chi connectivity index (χ3n) is 3.44. The lowest BCUT2D eigenvalue weighted by atomic mass is 10.0. The SMILES string of the molecule is CC(C(=O)N(C)c1ccccc1C#N)C1CC1. The van der Waals surface area contributed by atoms with E-state index in [1.807, 2.05) is 25.1 Å². The fourth-order valence-corrected chi connectivity index (χ4v) is 2.08. The normalized spacial score (nSPS) is 16.1. The summed E-state index contributed by atoms with van der Waals surface area (Å²) in [5.41, 5.74) is 1.25. The van der Waals surface area contributed by atoms with E-state index in [0.717, 1.165) is 12.8 Å². The molecule has 0 saturated heterocycles. The van der Waals surface area contributed by atoms with Crippen LogP contribution in [0.5, 0.6) is 0 Å². The summed E-state index contributed by atoms with van der Waals surface area (Å²) in [5, 5.41) is 9.02. The summed E-state index contributed by atoms with van der Waals surface area (Å²) in [7, 11) is 1.75. The molecule has 1 amide bonds. The van der Waals surface area contributed by atoms with E-state index in [1.165, 1.54) is 0 Å². The Balaban J connectivity index is 2.21. The molecular weight excluding hydrogens is 212 g/mol. The summed E-state index contributed by atoms with van der Waals surface area (Å²) in [6.07, 6.45) is 2.31. The second-order valence-corrected chi connectivity index (χ2v) is 4.65. The van der Waals surface area contributed by atoms with Crippen LogP contribution in [0.4, 0.5) is 5.69 Å². The first kappa shape index (κ1) is 11.7. The largest absolute Gasteiger partial charge is 0.314 e. The summed E-state index contributed by atoms with van der Waals surface area (Å²) in [6, 6.07) is 9.33. The van der Waals surface area contributed by atoms with Crippen molar-refractivity contribution in [1.29, 1.82) is 5.26 Å². The van der Waals surface area contributed by atoms with Gasteiger partial charge >= 0.3 is 0 Å². The minimum atomic E-state index is 0.0618. The molecule has 1 fully saturated rings. The third-order valence-corrected chi connectivity index (χ3v) is 3.44. The zero-order chi connectivity index (χ0) is 12.4. The molecule has 0 spiro atoms. The lowest BCUT2D eigenvalue weighted by Crippen LogP contribution is -2.33. The summed E-state index contributed by atoms with van der Waals surface area (Å²) >= 11 is 0. The Morgan fingerprint density at radius 3 is 2.71 bits per heavy atom. The Bertz CT molecular complexity index is 471. The Kier molecular flexibility index (Phi) is 3.14. The molecule has 1 atom stereocenters. The van der Waals surface area contributed by atoms with Gasteiger partial charge in [0.05, 0.1) is 11.3 Å². The smallest absolute Gasteiger partial charge is 0.229 e. The van der Waals surface area contributed by atoms with Gasteiger partial charge in [-0.05, 0) is 30.9 Å². The van der Waals surface area contributed by atoms with Gasteiger partial charge in [0.25, 0.3) is 0 Å². The van der Waals surface area contributed by atoms with Crippen LogP contribution in [-0.2, 0) is 4.79 Å². The van der Waals surface area contributed by atoms with Crippen molar-refractivity contribution in [1.82, 2.24) is 0 Å². The molecule has 3 nitrogen and oxygen atoms in total. The van der Waals surface area contributed by atoms with Crippen LogP contribution < -0.4 is 4.90 Å². The third kappa shape index (κ3) is 2.31. The van der Waals surface area contributed by atoms with Gasteiger partial charge in [-0.15, -0.1) is 0 Å². The second kappa shape index (κ2) is 4.58. The average Bonchev–Trinajstić information content (AvgIpc) is 3.20. The summed E-state index contributed by atoms with van der Waals surface area (Å²) < 4.78 is 0. The highest BCUT2D eigenvalue weighted by Crippen LogP contribution is 2.38. The van der Waals surface area contributed by atoms with Crippen molar-refractivity contribution >= 4 is 11.6 Å². The Hall–Kier alpha value is -1.82. The molecule has 17 heavy (non-hydrogen) atoms. The molecular formula is C14H16N2O. The average molecular weight is 228 g/mol. The highest BCUT2D eigenvalue weighted by molar-refractivity contribution is 5.95. The van der Waals surface area contributed by atoms with E-state index < -0.39 is 0 Å². The van der Waals surface area contributed by atoms with Gasteiger partial charge < -0.3 is 4.90 Å². The maximum atomic E-state index is 12.2. The van der Waals surface area contributed by atoms with Crippen molar-refractivity contribution in [2.75, 3.05) is 11.9 Å². The van der Waals surface area contributed by atoms with Crippen molar-refractivity contribution in [3.05, 3.63) is 29.8 Å². The van der Waals surface area contributed by atoms with Crippen LogP contribution in [0.3, 0.4) is 0 Å². The van der Waals surface area contributed by atoms with Crippen LogP contribution in [0.1, 0.15) is 25.3 Å².